The third kappa shape index (κ3) is 7.99. The molecular formula is C27H29NO4S. The molecule has 0 saturated carbocycles. The minimum absolute atomic E-state index is 0.0874. The number of methoxy groups -OCH3 is 1. The number of carboxylic acid groups (broad SMARTS) is 1. The molecule has 0 aliphatic rings. The molecule has 3 aromatic rings. The van der Waals surface area contributed by atoms with Crippen molar-refractivity contribution in [2.75, 3.05) is 13.7 Å². The summed E-state index contributed by atoms with van der Waals surface area (Å²) in [6, 6.07) is 21.8. The molecule has 1 N–H and O–H groups in total. The fourth-order valence-corrected chi connectivity index (χ4v) is 4.17. The van der Waals surface area contributed by atoms with Crippen LogP contribution in [0.2, 0.25) is 0 Å². The van der Waals surface area contributed by atoms with E-state index < -0.39 is 5.97 Å². The zero-order chi connectivity index (χ0) is 23.5. The Bertz CT molecular complexity index is 1080. The van der Waals surface area contributed by atoms with Crippen LogP contribution in [0.15, 0.2) is 77.4 Å². The van der Waals surface area contributed by atoms with Gasteiger partial charge in [0.05, 0.1) is 25.1 Å². The van der Waals surface area contributed by atoms with E-state index in [0.717, 1.165) is 30.7 Å². The zero-order valence-electron chi connectivity index (χ0n) is 19.0. The summed E-state index contributed by atoms with van der Waals surface area (Å²) in [5.41, 5.74) is 3.91. The number of benzene rings is 2. The first-order valence-electron chi connectivity index (χ1n) is 10.9. The maximum atomic E-state index is 11.6. The number of hydrogen-bond donors (Lipinski definition) is 1. The van der Waals surface area contributed by atoms with Crippen molar-refractivity contribution in [1.82, 2.24) is 4.98 Å². The highest BCUT2D eigenvalue weighted by atomic mass is 32.2. The van der Waals surface area contributed by atoms with Crippen molar-refractivity contribution in [1.29, 1.82) is 0 Å². The molecule has 1 heterocycles. The van der Waals surface area contributed by atoms with Crippen molar-refractivity contribution < 1.29 is 19.4 Å². The Morgan fingerprint density at radius 1 is 1.03 bits per heavy atom. The van der Waals surface area contributed by atoms with Gasteiger partial charge in [0, 0.05) is 16.7 Å². The molecule has 0 aliphatic heterocycles. The highest BCUT2D eigenvalue weighted by Gasteiger charge is 2.10. The summed E-state index contributed by atoms with van der Waals surface area (Å²) in [4.78, 5) is 17.4. The van der Waals surface area contributed by atoms with Crippen molar-refractivity contribution >= 4 is 23.8 Å². The summed E-state index contributed by atoms with van der Waals surface area (Å²) in [6.07, 6.45) is 4.07. The molecule has 0 aliphatic carbocycles. The Morgan fingerprint density at radius 2 is 1.82 bits per heavy atom. The molecule has 2 aromatic carbocycles. The maximum Gasteiger partial charge on any atom is 0.371 e. The molecular weight excluding hydrogens is 434 g/mol. The second-order valence-corrected chi connectivity index (χ2v) is 8.59. The van der Waals surface area contributed by atoms with E-state index in [1.165, 1.54) is 22.1 Å². The van der Waals surface area contributed by atoms with E-state index >= 15 is 0 Å². The van der Waals surface area contributed by atoms with E-state index in [4.69, 9.17) is 9.47 Å². The second-order valence-electron chi connectivity index (χ2n) is 7.58. The number of hydrogen-bond acceptors (Lipinski definition) is 5. The fourth-order valence-electron chi connectivity index (χ4n) is 3.23. The number of carbonyl (C=O) groups is 1. The highest BCUT2D eigenvalue weighted by molar-refractivity contribution is 7.98. The molecule has 3 rings (SSSR count). The molecule has 6 heteroatoms. The molecule has 0 fully saturated rings. The van der Waals surface area contributed by atoms with Gasteiger partial charge in [0.2, 0.25) is 5.76 Å². The van der Waals surface area contributed by atoms with Crippen LogP contribution in [0.4, 0.5) is 0 Å². The van der Waals surface area contributed by atoms with Crippen LogP contribution in [-0.4, -0.2) is 29.8 Å². The summed E-state index contributed by atoms with van der Waals surface area (Å²) in [5, 5.41) is 9.53. The quantitative estimate of drug-likeness (QED) is 0.150. The summed E-state index contributed by atoms with van der Waals surface area (Å²) in [5.74, 6) is 0.369. The van der Waals surface area contributed by atoms with Crippen molar-refractivity contribution in [2.24, 2.45) is 0 Å². The lowest BCUT2D eigenvalue weighted by atomic mass is 10.1. The SMILES string of the molecule is COc1ccc(CCCCO/C(=C/c2cccc(CSc3ccccc3C)n2)C(=O)O)cc1. The number of aliphatic carboxylic acids is 1. The average molecular weight is 464 g/mol. The number of nitrogens with zero attached hydrogens (tertiary/aromatic N) is 1. The van der Waals surface area contributed by atoms with Gasteiger partial charge in [0.15, 0.2) is 0 Å². The molecule has 0 saturated heterocycles. The van der Waals surface area contributed by atoms with E-state index in [-0.39, 0.29) is 5.76 Å². The Balaban J connectivity index is 1.51. The third-order valence-electron chi connectivity index (χ3n) is 5.06. The van der Waals surface area contributed by atoms with Crippen LogP contribution in [-0.2, 0) is 21.7 Å². The highest BCUT2D eigenvalue weighted by Crippen LogP contribution is 2.25. The zero-order valence-corrected chi connectivity index (χ0v) is 19.8. The van der Waals surface area contributed by atoms with Gasteiger partial charge < -0.3 is 14.6 Å². The van der Waals surface area contributed by atoms with Gasteiger partial charge in [-0.1, -0.05) is 36.4 Å². The number of pyridine rings is 1. The lowest BCUT2D eigenvalue weighted by molar-refractivity contribution is -0.136. The Morgan fingerprint density at radius 3 is 2.55 bits per heavy atom. The first kappa shape index (κ1) is 24.4. The standard InChI is InChI=1S/C27H29NO4S/c1-20-8-3-4-12-26(20)33-19-23-11-7-10-22(28-23)18-25(27(29)30)32-17-6-5-9-21-13-15-24(31-2)16-14-21/h3-4,7-8,10-16,18H,5-6,9,17,19H2,1-2H3,(H,29,30)/b25-18+. The molecule has 172 valence electrons. The summed E-state index contributed by atoms with van der Waals surface area (Å²) in [7, 11) is 1.65. The predicted octanol–water partition coefficient (Wildman–Crippen LogP) is 6.16. The second kappa shape index (κ2) is 12.7. The van der Waals surface area contributed by atoms with Gasteiger partial charge in [0.1, 0.15) is 5.75 Å². The van der Waals surface area contributed by atoms with Crippen LogP contribution in [0.5, 0.6) is 5.75 Å². The minimum atomic E-state index is -1.09. The van der Waals surface area contributed by atoms with Crippen LogP contribution in [0.25, 0.3) is 6.08 Å². The van der Waals surface area contributed by atoms with Gasteiger partial charge in [-0.25, -0.2) is 4.79 Å². The van der Waals surface area contributed by atoms with Crippen molar-refractivity contribution in [3.8, 4) is 5.75 Å². The smallest absolute Gasteiger partial charge is 0.371 e. The van der Waals surface area contributed by atoms with Crippen LogP contribution < -0.4 is 4.74 Å². The van der Waals surface area contributed by atoms with E-state index in [1.54, 1.807) is 24.9 Å². The monoisotopic (exact) mass is 463 g/mol. The van der Waals surface area contributed by atoms with Gasteiger partial charge >= 0.3 is 5.97 Å². The third-order valence-corrected chi connectivity index (χ3v) is 6.27. The topological polar surface area (TPSA) is 68.7 Å². The fraction of sp³-hybridized carbons (Fsp3) is 0.259. The molecule has 0 radical (unpaired) electrons. The molecule has 0 spiro atoms. The summed E-state index contributed by atoms with van der Waals surface area (Å²) < 4.78 is 10.7. The van der Waals surface area contributed by atoms with Gasteiger partial charge in [-0.05, 0) is 67.6 Å². The number of ether oxygens (including phenoxy) is 2. The molecule has 5 nitrogen and oxygen atoms in total. The Kier molecular flexibility index (Phi) is 9.39. The number of thioether (sulfide) groups is 1. The molecule has 0 unspecified atom stereocenters. The number of rotatable bonds is 12. The van der Waals surface area contributed by atoms with Crippen LogP contribution in [0.3, 0.4) is 0 Å². The predicted molar refractivity (Wildman–Crippen MR) is 132 cm³/mol. The molecule has 1 aromatic heterocycles. The van der Waals surface area contributed by atoms with E-state index in [1.807, 2.05) is 48.5 Å². The molecule has 0 atom stereocenters. The lowest BCUT2D eigenvalue weighted by Crippen LogP contribution is -2.07. The normalized spacial score (nSPS) is 11.3. The van der Waals surface area contributed by atoms with Gasteiger partial charge in [-0.15, -0.1) is 11.8 Å². The first-order valence-corrected chi connectivity index (χ1v) is 11.9. The largest absolute Gasteiger partial charge is 0.497 e. The molecule has 33 heavy (non-hydrogen) atoms. The van der Waals surface area contributed by atoms with E-state index in [9.17, 15) is 9.90 Å². The summed E-state index contributed by atoms with van der Waals surface area (Å²) >= 11 is 1.72. The number of unbranched alkanes of at least 4 members (excludes halogenated alkanes) is 1. The number of aryl methyl sites for hydroxylation is 2. The van der Waals surface area contributed by atoms with Crippen molar-refractivity contribution in [2.45, 2.75) is 36.8 Å². The van der Waals surface area contributed by atoms with Crippen molar-refractivity contribution in [3.05, 3.63) is 95.0 Å². The van der Waals surface area contributed by atoms with Gasteiger partial charge in [0.25, 0.3) is 0 Å². The van der Waals surface area contributed by atoms with Crippen LogP contribution in [0, 0.1) is 6.92 Å². The Labute approximate surface area is 199 Å². The average Bonchev–Trinajstić information content (AvgIpc) is 2.83. The lowest BCUT2D eigenvalue weighted by Gasteiger charge is -2.08. The van der Waals surface area contributed by atoms with E-state index in [0.29, 0.717) is 18.1 Å². The van der Waals surface area contributed by atoms with Crippen LogP contribution >= 0.6 is 11.8 Å². The number of aromatic nitrogens is 1. The Hall–Kier alpha value is -3.25. The van der Waals surface area contributed by atoms with Gasteiger partial charge in [-0.2, -0.15) is 0 Å². The number of carboxylic acids is 1. The molecule has 0 amide bonds. The van der Waals surface area contributed by atoms with Crippen molar-refractivity contribution in [3.63, 3.8) is 0 Å². The summed E-state index contributed by atoms with van der Waals surface area (Å²) in [6.45, 7) is 2.43. The first-order chi connectivity index (χ1) is 16.0. The maximum absolute atomic E-state index is 11.6. The van der Waals surface area contributed by atoms with Crippen LogP contribution in [0.1, 0.15) is 35.4 Å². The minimum Gasteiger partial charge on any atom is -0.497 e. The molecule has 0 bridgehead atoms. The van der Waals surface area contributed by atoms with Gasteiger partial charge in [-0.3, -0.25) is 4.98 Å². The van der Waals surface area contributed by atoms with E-state index in [2.05, 4.69) is 24.0 Å².